The topological polar surface area (TPSA) is 42.8 Å². The van der Waals surface area contributed by atoms with Gasteiger partial charge in [-0.15, -0.1) is 0 Å². The zero-order valence-corrected chi connectivity index (χ0v) is 6.84. The quantitative estimate of drug-likeness (QED) is 0.423. The fourth-order valence-electron chi connectivity index (χ4n) is 2.21. The molecular formula is C7H15N3O. The number of hydrazine groups is 1. The zero-order valence-electron chi connectivity index (χ0n) is 6.84. The van der Waals surface area contributed by atoms with Crippen molar-refractivity contribution in [2.24, 2.45) is 5.92 Å². The first-order valence-electron chi connectivity index (χ1n) is 4.28. The molecule has 0 radical (unpaired) electrons. The van der Waals surface area contributed by atoms with Crippen LogP contribution in [-0.2, 0) is 0 Å². The number of hydrogen-bond acceptors (Lipinski definition) is 3. The molecule has 2 aliphatic heterocycles. The molecular weight excluding hydrogens is 142 g/mol. The predicted molar refractivity (Wildman–Crippen MR) is 41.5 cm³/mol. The predicted octanol–water partition coefficient (Wildman–Crippen LogP) is -1.44. The Morgan fingerprint density at radius 3 is 3.18 bits per heavy atom. The molecule has 2 saturated heterocycles. The maximum absolute atomic E-state index is 11.4. The number of nitrogens with zero attached hydrogens (tertiary/aromatic N) is 1. The first-order chi connectivity index (χ1) is 5.29. The molecule has 0 aromatic carbocycles. The summed E-state index contributed by atoms with van der Waals surface area (Å²) in [6.07, 6.45) is 2.49. The van der Waals surface area contributed by atoms with Crippen LogP contribution in [-0.4, -0.2) is 31.3 Å². The molecule has 0 spiro atoms. The van der Waals surface area contributed by atoms with Crippen LogP contribution in [0.1, 0.15) is 12.8 Å². The molecule has 4 nitrogen and oxygen atoms in total. The minimum atomic E-state index is 0.184. The van der Waals surface area contributed by atoms with Gasteiger partial charge in [-0.25, -0.2) is 5.43 Å². The maximum atomic E-state index is 11.4. The van der Waals surface area contributed by atoms with Gasteiger partial charge < -0.3 is 10.3 Å². The van der Waals surface area contributed by atoms with Crippen LogP contribution in [0.2, 0.25) is 0 Å². The van der Waals surface area contributed by atoms with E-state index in [1.165, 1.54) is 6.42 Å². The second-order valence-electron chi connectivity index (χ2n) is 3.54. The summed E-state index contributed by atoms with van der Waals surface area (Å²) >= 11 is 0. The number of rotatable bonds is 0. The van der Waals surface area contributed by atoms with Crippen LogP contribution in [0.25, 0.3) is 0 Å². The number of quaternary nitrogens is 1. The number of hydroxylamine groups is 2. The molecule has 0 amide bonds. The summed E-state index contributed by atoms with van der Waals surface area (Å²) in [6, 6.07) is 0. The molecule has 0 saturated carbocycles. The van der Waals surface area contributed by atoms with Gasteiger partial charge in [0, 0.05) is 19.5 Å². The van der Waals surface area contributed by atoms with Crippen LogP contribution in [0.3, 0.4) is 0 Å². The van der Waals surface area contributed by atoms with Crippen LogP contribution < -0.4 is 10.5 Å². The van der Waals surface area contributed by atoms with E-state index in [0.29, 0.717) is 11.0 Å². The van der Waals surface area contributed by atoms with Gasteiger partial charge in [0.25, 0.3) is 0 Å². The molecule has 2 N–H and O–H groups in total. The van der Waals surface area contributed by atoms with E-state index in [9.17, 15) is 5.21 Å². The van der Waals surface area contributed by atoms with E-state index >= 15 is 0 Å². The normalized spacial score (nSPS) is 45.8. The van der Waals surface area contributed by atoms with E-state index < -0.39 is 0 Å². The highest BCUT2D eigenvalue weighted by molar-refractivity contribution is 4.78. The molecule has 2 aliphatic rings. The molecule has 2 rings (SSSR count). The largest absolute Gasteiger partial charge is 0.633 e. The summed E-state index contributed by atoms with van der Waals surface area (Å²) in [5, 5.41) is 13.8. The molecule has 11 heavy (non-hydrogen) atoms. The van der Waals surface area contributed by atoms with Crippen molar-refractivity contribution >= 4 is 0 Å². The van der Waals surface area contributed by atoms with Crippen molar-refractivity contribution < 1.29 is 5.06 Å². The Morgan fingerprint density at radius 2 is 2.45 bits per heavy atom. The fourth-order valence-corrected chi connectivity index (χ4v) is 2.21. The van der Waals surface area contributed by atoms with Crippen LogP contribution >= 0.6 is 0 Å². The lowest BCUT2D eigenvalue weighted by atomic mass is 9.97. The smallest absolute Gasteiger partial charge is 0.159 e. The van der Waals surface area contributed by atoms with Crippen molar-refractivity contribution in [1.29, 1.82) is 0 Å². The van der Waals surface area contributed by atoms with Crippen LogP contribution in [0.15, 0.2) is 0 Å². The zero-order chi connectivity index (χ0) is 7.84. The third kappa shape index (κ3) is 1.16. The summed E-state index contributed by atoms with van der Waals surface area (Å²) < 4.78 is 0. The first-order valence-corrected chi connectivity index (χ1v) is 4.28. The van der Waals surface area contributed by atoms with Crippen molar-refractivity contribution in [2.75, 3.05) is 20.1 Å². The monoisotopic (exact) mass is 157 g/mol. The van der Waals surface area contributed by atoms with E-state index in [1.54, 1.807) is 0 Å². The third-order valence-electron chi connectivity index (χ3n) is 2.79. The Labute approximate surface area is 66.7 Å². The van der Waals surface area contributed by atoms with Gasteiger partial charge in [-0.05, 0) is 12.8 Å². The van der Waals surface area contributed by atoms with Gasteiger partial charge in [-0.2, -0.15) is 5.01 Å². The SMILES string of the molecule is CN1NCC2CCC[NH+]([O-])C21. The first kappa shape index (κ1) is 7.49. The Morgan fingerprint density at radius 1 is 1.64 bits per heavy atom. The van der Waals surface area contributed by atoms with Crippen LogP contribution in [0.5, 0.6) is 0 Å². The molecule has 0 aromatic rings. The van der Waals surface area contributed by atoms with Crippen molar-refractivity contribution in [3.63, 3.8) is 0 Å². The standard InChI is InChI=1S/C7H15N3O/c1-9-7-6(5-8-9)3-2-4-10(7)11/h6-8,10H,2-5H2,1H3. The highest BCUT2D eigenvalue weighted by Crippen LogP contribution is 2.18. The lowest BCUT2D eigenvalue weighted by Crippen LogP contribution is -3.14. The summed E-state index contributed by atoms with van der Waals surface area (Å²) in [5.41, 5.74) is 3.20. The second kappa shape index (κ2) is 2.71. The minimum absolute atomic E-state index is 0.184. The van der Waals surface area contributed by atoms with E-state index in [0.717, 1.165) is 19.5 Å². The fraction of sp³-hybridized carbons (Fsp3) is 1.00. The lowest BCUT2D eigenvalue weighted by Gasteiger charge is -2.38. The summed E-state index contributed by atoms with van der Waals surface area (Å²) in [7, 11) is 1.97. The van der Waals surface area contributed by atoms with Crippen molar-refractivity contribution in [3.05, 3.63) is 5.21 Å². The van der Waals surface area contributed by atoms with Gasteiger partial charge in [0.1, 0.15) is 0 Å². The van der Waals surface area contributed by atoms with E-state index in [-0.39, 0.29) is 6.17 Å². The van der Waals surface area contributed by atoms with Gasteiger partial charge in [-0.1, -0.05) is 0 Å². The van der Waals surface area contributed by atoms with E-state index in [2.05, 4.69) is 5.43 Å². The summed E-state index contributed by atoms with van der Waals surface area (Å²) in [6.45, 7) is 1.78. The molecule has 0 aromatic heterocycles. The second-order valence-corrected chi connectivity index (χ2v) is 3.54. The van der Waals surface area contributed by atoms with Gasteiger partial charge in [-0.3, -0.25) is 0 Å². The Bertz CT molecular complexity index is 151. The highest BCUT2D eigenvalue weighted by atomic mass is 16.5. The van der Waals surface area contributed by atoms with Gasteiger partial charge in [0.2, 0.25) is 0 Å². The molecule has 3 unspecified atom stereocenters. The summed E-state index contributed by atoms with van der Waals surface area (Å²) in [5.74, 6) is 0.584. The Balaban J connectivity index is 2.08. The molecule has 0 bridgehead atoms. The van der Waals surface area contributed by atoms with Crippen LogP contribution in [0.4, 0.5) is 0 Å². The Hall–Kier alpha value is -0.160. The molecule has 2 fully saturated rings. The highest BCUT2D eigenvalue weighted by Gasteiger charge is 2.38. The van der Waals surface area contributed by atoms with Crippen LogP contribution in [0, 0.1) is 11.1 Å². The molecule has 3 atom stereocenters. The van der Waals surface area contributed by atoms with Gasteiger partial charge >= 0.3 is 0 Å². The van der Waals surface area contributed by atoms with E-state index in [1.807, 2.05) is 12.1 Å². The summed E-state index contributed by atoms with van der Waals surface area (Å²) in [4.78, 5) is 0. The minimum Gasteiger partial charge on any atom is -0.633 e. The van der Waals surface area contributed by atoms with Crippen molar-refractivity contribution in [3.8, 4) is 0 Å². The number of fused-ring (bicyclic) bond motifs is 1. The number of hydrogen-bond donors (Lipinski definition) is 2. The maximum Gasteiger partial charge on any atom is 0.159 e. The van der Waals surface area contributed by atoms with Crippen molar-refractivity contribution in [1.82, 2.24) is 10.4 Å². The molecule has 0 aliphatic carbocycles. The number of nitrogens with one attached hydrogen (secondary N) is 2. The van der Waals surface area contributed by atoms with E-state index in [4.69, 9.17) is 0 Å². The van der Waals surface area contributed by atoms with Gasteiger partial charge in [0.15, 0.2) is 6.17 Å². The van der Waals surface area contributed by atoms with Gasteiger partial charge in [0.05, 0.1) is 6.54 Å². The van der Waals surface area contributed by atoms with Crippen molar-refractivity contribution in [2.45, 2.75) is 19.0 Å². The molecule has 2 heterocycles. The average molecular weight is 157 g/mol. The average Bonchev–Trinajstić information content (AvgIpc) is 2.34. The molecule has 4 heteroatoms. The Kier molecular flexibility index (Phi) is 1.85. The third-order valence-corrected chi connectivity index (χ3v) is 2.79. The number of piperidine rings is 1. The molecule has 64 valence electrons. The lowest BCUT2D eigenvalue weighted by molar-refractivity contribution is -0.897.